The Kier molecular flexibility index (Phi) is 4.70. The number of carbonyl (C=O) groups is 2. The van der Waals surface area contributed by atoms with Crippen LogP contribution >= 0.6 is 47.2 Å². The molecule has 2 rings (SSSR count). The van der Waals surface area contributed by atoms with E-state index < -0.39 is 5.91 Å². The summed E-state index contributed by atoms with van der Waals surface area (Å²) in [4.78, 5) is 24.6. The van der Waals surface area contributed by atoms with Crippen molar-refractivity contribution in [1.29, 1.82) is 0 Å². The Balaban J connectivity index is 2.35. The van der Waals surface area contributed by atoms with Crippen LogP contribution in [0.25, 0.3) is 6.08 Å². The van der Waals surface area contributed by atoms with Crippen molar-refractivity contribution in [2.75, 3.05) is 6.54 Å². The van der Waals surface area contributed by atoms with Gasteiger partial charge in [0.05, 0.1) is 4.91 Å². The highest BCUT2D eigenvalue weighted by Crippen LogP contribution is 2.35. The summed E-state index contributed by atoms with van der Waals surface area (Å²) in [5.41, 5.74) is 5.62. The van der Waals surface area contributed by atoms with E-state index in [1.807, 2.05) is 0 Å². The van der Waals surface area contributed by atoms with E-state index in [-0.39, 0.29) is 16.8 Å². The van der Waals surface area contributed by atoms with Crippen LogP contribution in [0.3, 0.4) is 0 Å². The van der Waals surface area contributed by atoms with Gasteiger partial charge in [0.15, 0.2) is 0 Å². The molecule has 2 amide bonds. The second kappa shape index (κ2) is 6.13. The molecular formula is C12H8Cl2N2O2S2. The number of thioether (sulfide) groups is 1. The van der Waals surface area contributed by atoms with Crippen LogP contribution in [0.1, 0.15) is 5.56 Å². The number of thiocarbonyl (C=S) groups is 1. The fourth-order valence-corrected chi connectivity index (χ4v) is 3.32. The molecule has 0 unspecified atom stereocenters. The molecule has 1 aliphatic heterocycles. The maximum atomic E-state index is 12.1. The highest BCUT2D eigenvalue weighted by Gasteiger charge is 2.33. The van der Waals surface area contributed by atoms with Crippen LogP contribution < -0.4 is 5.73 Å². The lowest BCUT2D eigenvalue weighted by molar-refractivity contribution is -0.127. The number of primary amides is 1. The predicted octanol–water partition coefficient (Wildman–Crippen LogP) is 2.68. The maximum Gasteiger partial charge on any atom is 0.266 e. The van der Waals surface area contributed by atoms with E-state index in [4.69, 9.17) is 41.2 Å². The normalized spacial score (nSPS) is 17.1. The lowest BCUT2D eigenvalue weighted by Gasteiger charge is -2.10. The number of amides is 2. The number of benzene rings is 1. The first-order valence-electron chi connectivity index (χ1n) is 5.38. The van der Waals surface area contributed by atoms with Crippen LogP contribution in [0.4, 0.5) is 0 Å². The summed E-state index contributed by atoms with van der Waals surface area (Å²) in [6, 6.07) is 5.05. The largest absolute Gasteiger partial charge is 0.368 e. The minimum Gasteiger partial charge on any atom is -0.368 e. The first-order chi connectivity index (χ1) is 9.40. The third-order valence-corrected chi connectivity index (χ3v) is 4.50. The summed E-state index contributed by atoms with van der Waals surface area (Å²) in [7, 11) is 0. The third-order valence-electron chi connectivity index (χ3n) is 2.46. The monoisotopic (exact) mass is 346 g/mol. The van der Waals surface area contributed by atoms with Crippen molar-refractivity contribution in [3.05, 3.63) is 38.7 Å². The molecule has 0 atom stereocenters. The SMILES string of the molecule is NC(=O)CN1C(=O)/C(=C/c2c(Cl)cccc2Cl)SC1=S. The summed E-state index contributed by atoms with van der Waals surface area (Å²) < 4.78 is 0.281. The molecule has 20 heavy (non-hydrogen) atoms. The zero-order valence-corrected chi connectivity index (χ0v) is 13.1. The number of hydrogen-bond donors (Lipinski definition) is 1. The van der Waals surface area contributed by atoms with Crippen molar-refractivity contribution >= 4 is 69.4 Å². The fourth-order valence-electron chi connectivity index (χ4n) is 1.57. The van der Waals surface area contributed by atoms with E-state index in [9.17, 15) is 9.59 Å². The predicted molar refractivity (Wildman–Crippen MR) is 85.5 cm³/mol. The molecule has 0 aliphatic carbocycles. The molecule has 8 heteroatoms. The van der Waals surface area contributed by atoms with Gasteiger partial charge in [0, 0.05) is 15.6 Å². The molecule has 4 nitrogen and oxygen atoms in total. The van der Waals surface area contributed by atoms with Gasteiger partial charge in [-0.1, -0.05) is 53.2 Å². The van der Waals surface area contributed by atoms with Crippen LogP contribution in [0.5, 0.6) is 0 Å². The van der Waals surface area contributed by atoms with Crippen molar-refractivity contribution in [3.63, 3.8) is 0 Å². The molecule has 0 radical (unpaired) electrons. The molecule has 1 aliphatic rings. The van der Waals surface area contributed by atoms with Crippen LogP contribution in [0.2, 0.25) is 10.0 Å². The molecule has 104 valence electrons. The Morgan fingerprint density at radius 2 is 2.00 bits per heavy atom. The van der Waals surface area contributed by atoms with E-state index in [1.165, 1.54) is 0 Å². The van der Waals surface area contributed by atoms with E-state index in [2.05, 4.69) is 0 Å². The number of carbonyl (C=O) groups excluding carboxylic acids is 2. The van der Waals surface area contributed by atoms with E-state index in [1.54, 1.807) is 24.3 Å². The number of hydrogen-bond acceptors (Lipinski definition) is 4. The Morgan fingerprint density at radius 1 is 1.40 bits per heavy atom. The maximum absolute atomic E-state index is 12.1. The lowest BCUT2D eigenvalue weighted by Crippen LogP contribution is -2.36. The average Bonchev–Trinajstić information content (AvgIpc) is 2.61. The van der Waals surface area contributed by atoms with Gasteiger partial charge in [-0.3, -0.25) is 14.5 Å². The van der Waals surface area contributed by atoms with E-state index >= 15 is 0 Å². The highest BCUT2D eigenvalue weighted by molar-refractivity contribution is 8.26. The second-order valence-electron chi connectivity index (χ2n) is 3.87. The first kappa shape index (κ1) is 15.3. The van der Waals surface area contributed by atoms with Crippen LogP contribution in [0, 0.1) is 0 Å². The molecule has 1 saturated heterocycles. The molecule has 1 aromatic carbocycles. The molecule has 0 saturated carbocycles. The number of rotatable bonds is 3. The first-order valence-corrected chi connectivity index (χ1v) is 7.36. The number of halogens is 2. The van der Waals surface area contributed by atoms with Gasteiger partial charge in [-0.25, -0.2) is 0 Å². The minimum absolute atomic E-state index is 0.238. The van der Waals surface area contributed by atoms with Crippen LogP contribution in [-0.2, 0) is 9.59 Å². The second-order valence-corrected chi connectivity index (χ2v) is 6.36. The fraction of sp³-hybridized carbons (Fsp3) is 0.0833. The standard InChI is InChI=1S/C12H8Cl2N2O2S2/c13-7-2-1-3-8(14)6(7)4-9-11(18)16(5-10(15)17)12(19)20-9/h1-4H,5H2,(H2,15,17)/b9-4-. The van der Waals surface area contributed by atoms with Gasteiger partial charge in [-0.05, 0) is 18.2 Å². The van der Waals surface area contributed by atoms with Crippen molar-refractivity contribution in [3.8, 4) is 0 Å². The van der Waals surface area contributed by atoms with E-state index in [0.717, 1.165) is 16.7 Å². The van der Waals surface area contributed by atoms with Gasteiger partial charge in [0.2, 0.25) is 5.91 Å². The smallest absolute Gasteiger partial charge is 0.266 e. The van der Waals surface area contributed by atoms with Gasteiger partial charge in [-0.15, -0.1) is 0 Å². The molecule has 1 aromatic rings. The van der Waals surface area contributed by atoms with Crippen molar-refractivity contribution < 1.29 is 9.59 Å². The molecular weight excluding hydrogens is 339 g/mol. The summed E-state index contributed by atoms with van der Waals surface area (Å²) in [5.74, 6) is -1.01. The highest BCUT2D eigenvalue weighted by atomic mass is 35.5. The molecule has 1 fully saturated rings. The molecule has 0 bridgehead atoms. The zero-order valence-electron chi connectivity index (χ0n) is 9.93. The Hall–Kier alpha value is -1.08. The van der Waals surface area contributed by atoms with Crippen LogP contribution in [-0.4, -0.2) is 27.6 Å². The van der Waals surface area contributed by atoms with Crippen molar-refractivity contribution in [1.82, 2.24) is 4.90 Å². The third kappa shape index (κ3) is 3.15. The molecule has 2 N–H and O–H groups in total. The molecule has 1 heterocycles. The van der Waals surface area contributed by atoms with E-state index in [0.29, 0.717) is 20.5 Å². The summed E-state index contributed by atoms with van der Waals surface area (Å²) in [6.45, 7) is -0.238. The van der Waals surface area contributed by atoms with Gasteiger partial charge in [-0.2, -0.15) is 0 Å². The Bertz CT molecular complexity index is 626. The Morgan fingerprint density at radius 3 is 2.55 bits per heavy atom. The number of nitrogens with two attached hydrogens (primary N) is 1. The summed E-state index contributed by atoms with van der Waals surface area (Å²) in [6.07, 6.45) is 1.56. The van der Waals surface area contributed by atoms with Gasteiger partial charge in [0.25, 0.3) is 5.91 Å². The zero-order chi connectivity index (χ0) is 14.9. The quantitative estimate of drug-likeness (QED) is 0.675. The minimum atomic E-state index is -0.627. The van der Waals surface area contributed by atoms with Gasteiger partial charge >= 0.3 is 0 Å². The lowest BCUT2D eigenvalue weighted by atomic mass is 10.2. The van der Waals surface area contributed by atoms with Crippen LogP contribution in [0.15, 0.2) is 23.1 Å². The van der Waals surface area contributed by atoms with Gasteiger partial charge < -0.3 is 5.73 Å². The molecule has 0 aromatic heterocycles. The Labute approximate surface area is 134 Å². The van der Waals surface area contributed by atoms with Crippen molar-refractivity contribution in [2.24, 2.45) is 5.73 Å². The topological polar surface area (TPSA) is 63.4 Å². The molecule has 0 spiro atoms. The van der Waals surface area contributed by atoms with Crippen molar-refractivity contribution in [2.45, 2.75) is 0 Å². The average molecular weight is 347 g/mol. The number of nitrogens with zero attached hydrogens (tertiary/aromatic N) is 1. The summed E-state index contributed by atoms with van der Waals surface area (Å²) >= 11 is 18.2. The summed E-state index contributed by atoms with van der Waals surface area (Å²) in [5, 5.41) is 0.857. The van der Waals surface area contributed by atoms with Gasteiger partial charge in [0.1, 0.15) is 10.9 Å².